The maximum Gasteiger partial charge on any atom is 0.410 e. The van der Waals surface area contributed by atoms with Gasteiger partial charge < -0.3 is 24.3 Å². The Balaban J connectivity index is 1.30. The molecule has 162 valence electrons. The lowest BCUT2D eigenvalue weighted by Crippen LogP contribution is -2.62. The summed E-state index contributed by atoms with van der Waals surface area (Å²) in [5, 5.41) is 3.38. The summed E-state index contributed by atoms with van der Waals surface area (Å²) in [6.07, 6.45) is 4.45. The zero-order valence-corrected chi connectivity index (χ0v) is 17.9. The minimum Gasteiger partial charge on any atom is -0.465 e. The van der Waals surface area contributed by atoms with Gasteiger partial charge in [-0.3, -0.25) is 4.79 Å². The first-order valence-corrected chi connectivity index (χ1v) is 10.7. The molecule has 8 heteroatoms. The third-order valence-corrected chi connectivity index (χ3v) is 7.14. The van der Waals surface area contributed by atoms with Gasteiger partial charge in [-0.15, -0.1) is 0 Å². The molecule has 1 aromatic rings. The Bertz CT molecular complexity index is 949. The van der Waals surface area contributed by atoms with Crippen LogP contribution < -0.4 is 10.9 Å². The number of esters is 1. The van der Waals surface area contributed by atoms with E-state index in [1.165, 1.54) is 13.2 Å². The number of anilines is 1. The van der Waals surface area contributed by atoms with Crippen LogP contribution in [0.3, 0.4) is 0 Å². The molecule has 1 saturated heterocycles. The van der Waals surface area contributed by atoms with Crippen LogP contribution in [0.4, 0.5) is 10.5 Å². The molecule has 1 amide bonds. The number of likely N-dealkylation sites (tertiary alicyclic amines) is 1. The lowest BCUT2D eigenvalue weighted by molar-refractivity contribution is -0.0914. The van der Waals surface area contributed by atoms with E-state index in [2.05, 4.69) is 5.32 Å². The van der Waals surface area contributed by atoms with E-state index in [1.807, 2.05) is 20.8 Å². The Labute approximate surface area is 175 Å². The van der Waals surface area contributed by atoms with Crippen LogP contribution in [0.25, 0.3) is 0 Å². The Morgan fingerprint density at radius 2 is 1.80 bits per heavy atom. The number of carbonyl (C=O) groups excluding carboxylic acids is 2. The first kappa shape index (κ1) is 19.5. The zero-order chi connectivity index (χ0) is 21.4. The topological polar surface area (TPSA) is 89.9 Å². The number of carbonyl (C=O) groups is 2. The molecule has 2 bridgehead atoms. The summed E-state index contributed by atoms with van der Waals surface area (Å²) in [4.78, 5) is 39.2. The normalized spacial score (nSPS) is 33.1. The molecule has 30 heavy (non-hydrogen) atoms. The largest absolute Gasteiger partial charge is 0.465 e. The number of fused-ring (bicyclic) bond motifs is 1. The molecular weight excluding hydrogens is 386 g/mol. The molecule has 4 aliphatic carbocycles. The van der Waals surface area contributed by atoms with Gasteiger partial charge in [-0.1, -0.05) is 0 Å². The summed E-state index contributed by atoms with van der Waals surface area (Å²) >= 11 is 0. The van der Waals surface area contributed by atoms with Crippen molar-refractivity contribution in [1.29, 1.82) is 0 Å². The average Bonchev–Trinajstić information content (AvgIpc) is 3.01. The van der Waals surface area contributed by atoms with E-state index in [9.17, 15) is 14.4 Å². The van der Waals surface area contributed by atoms with Gasteiger partial charge in [-0.2, -0.15) is 0 Å². The van der Waals surface area contributed by atoms with E-state index in [4.69, 9.17) is 9.47 Å². The summed E-state index contributed by atoms with van der Waals surface area (Å²) in [7, 11) is 1.35. The molecule has 5 aliphatic rings. The van der Waals surface area contributed by atoms with E-state index >= 15 is 0 Å². The van der Waals surface area contributed by atoms with Gasteiger partial charge in [-0.05, 0) is 46.0 Å². The molecule has 6 rings (SSSR count). The minimum absolute atomic E-state index is 0.0792. The molecule has 5 fully saturated rings. The van der Waals surface area contributed by atoms with Crippen molar-refractivity contribution in [3.05, 3.63) is 28.2 Å². The van der Waals surface area contributed by atoms with Gasteiger partial charge in [0.2, 0.25) is 0 Å². The number of rotatable bonds is 4. The van der Waals surface area contributed by atoms with Crippen LogP contribution in [0.2, 0.25) is 0 Å². The van der Waals surface area contributed by atoms with Crippen molar-refractivity contribution in [2.75, 3.05) is 25.5 Å². The quantitative estimate of drug-likeness (QED) is 0.760. The van der Waals surface area contributed by atoms with E-state index in [-0.39, 0.29) is 23.2 Å². The van der Waals surface area contributed by atoms with E-state index in [0.29, 0.717) is 36.2 Å². The van der Waals surface area contributed by atoms with E-state index < -0.39 is 11.6 Å². The van der Waals surface area contributed by atoms with Crippen LogP contribution >= 0.6 is 0 Å². The van der Waals surface area contributed by atoms with Crippen molar-refractivity contribution in [3.63, 3.8) is 0 Å². The number of piperidine rings is 1. The first-order chi connectivity index (χ1) is 14.1. The Morgan fingerprint density at radius 3 is 2.30 bits per heavy atom. The Morgan fingerprint density at radius 1 is 1.17 bits per heavy atom. The number of hydrogen-bond acceptors (Lipinski definition) is 6. The molecule has 2 heterocycles. The predicted octanol–water partition coefficient (Wildman–Crippen LogP) is 2.42. The van der Waals surface area contributed by atoms with Crippen LogP contribution in [0.5, 0.6) is 0 Å². The number of ether oxygens (including phenoxy) is 2. The van der Waals surface area contributed by atoms with Gasteiger partial charge in [0.05, 0.1) is 18.4 Å². The smallest absolute Gasteiger partial charge is 0.410 e. The monoisotopic (exact) mass is 415 g/mol. The van der Waals surface area contributed by atoms with Crippen LogP contribution in [-0.2, 0) is 15.0 Å². The van der Waals surface area contributed by atoms with Crippen molar-refractivity contribution < 1.29 is 19.1 Å². The molecule has 1 N–H and O–H groups in total. The standard InChI is InChI=1S/C22H29N3O5/c1-21(2,3)30-20(28)24-9-13-14(10-24)18(13)23-16-5-17(26)25(11-15(16)19(27)29-4)22-6-12(7-22)8-22/h5,11-14,18,23H,6-10H2,1-4H3/t12?,13-,14+,18?,22?. The van der Waals surface area contributed by atoms with E-state index in [0.717, 1.165) is 25.2 Å². The summed E-state index contributed by atoms with van der Waals surface area (Å²) < 4.78 is 12.2. The minimum atomic E-state index is -0.513. The van der Waals surface area contributed by atoms with Crippen molar-refractivity contribution in [3.8, 4) is 0 Å². The van der Waals surface area contributed by atoms with Gasteiger partial charge in [0.25, 0.3) is 5.56 Å². The predicted molar refractivity (Wildman–Crippen MR) is 110 cm³/mol. The van der Waals surface area contributed by atoms with Crippen LogP contribution in [-0.4, -0.2) is 53.4 Å². The number of hydrogen-bond donors (Lipinski definition) is 1. The Kier molecular flexibility index (Phi) is 4.05. The maximum atomic E-state index is 12.8. The van der Waals surface area contributed by atoms with E-state index in [1.54, 1.807) is 15.7 Å². The highest BCUT2D eigenvalue weighted by atomic mass is 16.6. The summed E-state index contributed by atoms with van der Waals surface area (Å²) in [6, 6.07) is 1.67. The average molecular weight is 415 g/mol. The summed E-state index contributed by atoms with van der Waals surface area (Å²) in [5.41, 5.74) is 0.243. The molecule has 3 atom stereocenters. The molecule has 1 unspecified atom stereocenters. The van der Waals surface area contributed by atoms with Crippen molar-refractivity contribution in [2.45, 2.75) is 57.2 Å². The number of nitrogens with zero attached hydrogens (tertiary/aromatic N) is 2. The lowest BCUT2D eigenvalue weighted by Gasteiger charge is -2.62. The summed E-state index contributed by atoms with van der Waals surface area (Å²) in [5.74, 6) is 0.875. The fraction of sp³-hybridized carbons (Fsp3) is 0.682. The highest BCUT2D eigenvalue weighted by Crippen LogP contribution is 2.61. The van der Waals surface area contributed by atoms with Gasteiger partial charge >= 0.3 is 12.1 Å². The van der Waals surface area contributed by atoms with Gasteiger partial charge in [0.15, 0.2) is 0 Å². The number of pyridine rings is 1. The second-order valence-electron chi connectivity index (χ2n) is 10.4. The van der Waals surface area contributed by atoms with Crippen molar-refractivity contribution >= 4 is 17.7 Å². The third-order valence-electron chi connectivity index (χ3n) is 7.14. The second kappa shape index (κ2) is 6.25. The highest BCUT2D eigenvalue weighted by Gasteiger charge is 2.59. The van der Waals surface area contributed by atoms with Crippen molar-refractivity contribution in [1.82, 2.24) is 9.47 Å². The fourth-order valence-corrected chi connectivity index (χ4v) is 5.42. The number of nitrogens with one attached hydrogen (secondary N) is 1. The highest BCUT2D eigenvalue weighted by molar-refractivity contribution is 5.95. The molecule has 0 spiro atoms. The second-order valence-corrected chi connectivity index (χ2v) is 10.4. The fourth-order valence-electron chi connectivity index (χ4n) is 5.42. The molecule has 1 aromatic heterocycles. The molecule has 8 nitrogen and oxygen atoms in total. The summed E-state index contributed by atoms with van der Waals surface area (Å²) in [6.45, 7) is 6.80. The molecule has 0 radical (unpaired) electrons. The van der Waals surface area contributed by atoms with Crippen molar-refractivity contribution in [2.24, 2.45) is 17.8 Å². The van der Waals surface area contributed by atoms with Crippen LogP contribution in [0.1, 0.15) is 50.4 Å². The van der Waals surface area contributed by atoms with Gasteiger partial charge in [-0.25, -0.2) is 9.59 Å². The molecule has 0 aromatic carbocycles. The lowest BCUT2D eigenvalue weighted by atomic mass is 9.49. The number of aromatic nitrogens is 1. The molecule has 1 aliphatic heterocycles. The van der Waals surface area contributed by atoms with Gasteiger partial charge in [0.1, 0.15) is 5.60 Å². The maximum absolute atomic E-state index is 12.8. The first-order valence-electron chi connectivity index (χ1n) is 10.7. The Hall–Kier alpha value is -2.51. The number of methoxy groups -OCH3 is 1. The molecular formula is C22H29N3O5. The SMILES string of the molecule is COC(=O)c1cn(C23CC(C2)C3)c(=O)cc1NC1[C@H]2CN(C(=O)OC(C)(C)C)C[C@@H]12. The van der Waals surface area contributed by atoms with Crippen LogP contribution in [0.15, 0.2) is 17.1 Å². The molecule has 4 saturated carbocycles. The number of amides is 1. The van der Waals surface area contributed by atoms with Gasteiger partial charge in [0, 0.05) is 48.8 Å². The zero-order valence-electron chi connectivity index (χ0n) is 17.9. The van der Waals surface area contributed by atoms with Crippen LogP contribution in [0, 0.1) is 17.8 Å². The third kappa shape index (κ3) is 2.99.